The average Bonchev–Trinajstić information content (AvgIpc) is 2.36. The van der Waals surface area contributed by atoms with Crippen molar-refractivity contribution in [1.82, 2.24) is 0 Å². The van der Waals surface area contributed by atoms with Crippen LogP contribution >= 0.6 is 0 Å². The first-order valence-corrected chi connectivity index (χ1v) is 5.42. The molecule has 100 valence electrons. The molecule has 19 heavy (non-hydrogen) atoms. The zero-order valence-electron chi connectivity index (χ0n) is 9.69. The lowest BCUT2D eigenvalue weighted by Gasteiger charge is -2.27. The number of phenolic OH excluding ortho intramolecular Hbond substituents is 1. The average molecular weight is 264 g/mol. The van der Waals surface area contributed by atoms with E-state index in [9.17, 15) is 30.3 Å². The molecule has 1 aliphatic carbocycles. The molecule has 0 bridgehead atoms. The summed E-state index contributed by atoms with van der Waals surface area (Å²) in [5.74, 6) is -4.50. The molecule has 2 rings (SSSR count). The van der Waals surface area contributed by atoms with E-state index >= 15 is 0 Å². The number of rotatable bonds is 2. The quantitative estimate of drug-likeness (QED) is 0.379. The van der Waals surface area contributed by atoms with E-state index in [0.29, 0.717) is 0 Å². The second-order valence-corrected chi connectivity index (χ2v) is 4.16. The molecule has 0 aliphatic heterocycles. The molecule has 0 aromatic heterocycles. The number of benzene rings is 1. The number of aromatic hydroxyl groups is 1. The van der Waals surface area contributed by atoms with Gasteiger partial charge in [0.25, 0.3) is 0 Å². The van der Waals surface area contributed by atoms with E-state index < -0.39 is 23.4 Å². The van der Waals surface area contributed by atoms with Gasteiger partial charge in [-0.1, -0.05) is 12.1 Å². The summed E-state index contributed by atoms with van der Waals surface area (Å²) in [5, 5.41) is 47.3. The highest BCUT2D eigenvalue weighted by atomic mass is 16.5. The highest BCUT2D eigenvalue weighted by Crippen LogP contribution is 2.28. The van der Waals surface area contributed by atoms with Crippen LogP contribution in [0.25, 0.3) is 0 Å². The molecule has 0 amide bonds. The number of carbonyl (C=O) groups excluding carboxylic acids is 1. The van der Waals surface area contributed by atoms with Gasteiger partial charge in [-0.3, -0.25) is 4.79 Å². The smallest absolute Gasteiger partial charge is 0.217 e. The van der Waals surface area contributed by atoms with Gasteiger partial charge in [0.15, 0.2) is 11.9 Å². The summed E-state index contributed by atoms with van der Waals surface area (Å²) in [7, 11) is 0. The summed E-state index contributed by atoms with van der Waals surface area (Å²) in [6, 6.07) is 5.70. The van der Waals surface area contributed by atoms with Crippen molar-refractivity contribution in [3.8, 4) is 5.75 Å². The zero-order chi connectivity index (χ0) is 14.2. The zero-order valence-corrected chi connectivity index (χ0v) is 9.69. The van der Waals surface area contributed by atoms with Crippen LogP contribution in [0.4, 0.5) is 0 Å². The van der Waals surface area contributed by atoms with Gasteiger partial charge in [-0.2, -0.15) is 0 Å². The molecule has 1 unspecified atom stereocenters. The van der Waals surface area contributed by atoms with Crippen molar-refractivity contribution >= 4 is 5.78 Å². The molecule has 0 spiro atoms. The van der Waals surface area contributed by atoms with Crippen molar-refractivity contribution in [2.75, 3.05) is 0 Å². The third-order valence-electron chi connectivity index (χ3n) is 2.83. The van der Waals surface area contributed by atoms with Gasteiger partial charge in [0.1, 0.15) is 11.5 Å². The van der Waals surface area contributed by atoms with E-state index in [-0.39, 0.29) is 16.9 Å². The number of aliphatic hydroxyl groups excluding tert-OH is 2. The Kier molecular flexibility index (Phi) is 3.15. The highest BCUT2D eigenvalue weighted by molar-refractivity contribution is 6.12. The van der Waals surface area contributed by atoms with Gasteiger partial charge < -0.3 is 25.5 Å². The fourth-order valence-corrected chi connectivity index (χ4v) is 1.73. The first-order valence-electron chi connectivity index (χ1n) is 5.42. The Morgan fingerprint density at radius 2 is 1.79 bits per heavy atom. The minimum Gasteiger partial charge on any atom is -0.509 e. The van der Waals surface area contributed by atoms with Crippen molar-refractivity contribution in [2.24, 2.45) is 0 Å². The Labute approximate surface area is 108 Å². The lowest BCUT2D eigenvalue weighted by molar-refractivity contribution is -0.186. The van der Waals surface area contributed by atoms with E-state index in [1.54, 1.807) is 0 Å². The summed E-state index contributed by atoms with van der Waals surface area (Å²) < 4.78 is 0. The van der Waals surface area contributed by atoms with Crippen LogP contribution in [0.3, 0.4) is 0 Å². The summed E-state index contributed by atoms with van der Waals surface area (Å²) in [6.07, 6.45) is -0.260. The van der Waals surface area contributed by atoms with Crippen molar-refractivity contribution < 1.29 is 30.3 Å². The molecule has 1 aromatic carbocycles. The summed E-state index contributed by atoms with van der Waals surface area (Å²) in [4.78, 5) is 12.1. The second kappa shape index (κ2) is 4.51. The van der Waals surface area contributed by atoms with Gasteiger partial charge >= 0.3 is 0 Å². The maximum absolute atomic E-state index is 12.1. The van der Waals surface area contributed by atoms with E-state index in [0.717, 1.165) is 12.2 Å². The molecule has 0 saturated heterocycles. The van der Waals surface area contributed by atoms with Gasteiger partial charge in [0.2, 0.25) is 5.79 Å². The monoisotopic (exact) mass is 264 g/mol. The number of hydrogen-bond acceptors (Lipinski definition) is 6. The van der Waals surface area contributed by atoms with Crippen molar-refractivity contribution in [3.63, 3.8) is 0 Å². The maximum atomic E-state index is 12.1. The minimum absolute atomic E-state index is 0.0655. The standard InChI is InChI=1S/C13H12O6/c14-9-4-2-1-3-7(9)10(15)8-5-6-13(18,19)12(17)11(8)16/h1-6,12,14,16-19H. The summed E-state index contributed by atoms with van der Waals surface area (Å²) >= 11 is 0. The molecule has 1 aliphatic rings. The molecule has 1 atom stereocenters. The second-order valence-electron chi connectivity index (χ2n) is 4.16. The fraction of sp³-hybridized carbons (Fsp3) is 0.154. The Hall–Kier alpha value is -2.15. The largest absolute Gasteiger partial charge is 0.509 e. The molecule has 0 radical (unpaired) electrons. The minimum atomic E-state index is -2.63. The molecule has 0 saturated carbocycles. The first kappa shape index (κ1) is 13.3. The van der Waals surface area contributed by atoms with Crippen LogP contribution in [-0.4, -0.2) is 43.2 Å². The van der Waals surface area contributed by atoms with Crippen molar-refractivity contribution in [2.45, 2.75) is 11.9 Å². The number of ketones is 1. The number of Topliss-reactive ketones (excluding diaryl/α,β-unsaturated/α-hetero) is 1. The third kappa shape index (κ3) is 2.24. The Bertz CT molecular complexity index is 585. The van der Waals surface area contributed by atoms with Crippen LogP contribution in [-0.2, 0) is 0 Å². The molecule has 6 heteroatoms. The predicted octanol–water partition coefficient (Wildman–Crippen LogP) is -0.00140. The van der Waals surface area contributed by atoms with Gasteiger partial charge in [0, 0.05) is 0 Å². The van der Waals surface area contributed by atoms with Gasteiger partial charge in [0.05, 0.1) is 11.1 Å². The molecular formula is C13H12O6. The number of para-hydroxylation sites is 1. The van der Waals surface area contributed by atoms with Crippen LogP contribution < -0.4 is 0 Å². The summed E-state index contributed by atoms with van der Waals surface area (Å²) in [6.45, 7) is 0. The van der Waals surface area contributed by atoms with Crippen LogP contribution in [0, 0.1) is 0 Å². The topological polar surface area (TPSA) is 118 Å². The molecule has 6 nitrogen and oxygen atoms in total. The van der Waals surface area contributed by atoms with Gasteiger partial charge in [-0.05, 0) is 24.3 Å². The Morgan fingerprint density at radius 3 is 2.42 bits per heavy atom. The lowest BCUT2D eigenvalue weighted by Crippen LogP contribution is -2.44. The van der Waals surface area contributed by atoms with Crippen LogP contribution in [0.2, 0.25) is 0 Å². The Morgan fingerprint density at radius 1 is 1.16 bits per heavy atom. The van der Waals surface area contributed by atoms with E-state index in [4.69, 9.17) is 0 Å². The maximum Gasteiger partial charge on any atom is 0.217 e. The molecule has 5 N–H and O–H groups in total. The number of hydrogen-bond donors (Lipinski definition) is 5. The predicted molar refractivity (Wildman–Crippen MR) is 64.4 cm³/mol. The molecule has 1 aromatic rings. The highest BCUT2D eigenvalue weighted by Gasteiger charge is 2.39. The van der Waals surface area contributed by atoms with E-state index in [1.807, 2.05) is 0 Å². The molecule has 0 fully saturated rings. The summed E-state index contributed by atoms with van der Waals surface area (Å²) in [5.41, 5.74) is -0.378. The van der Waals surface area contributed by atoms with Crippen molar-refractivity contribution in [1.29, 1.82) is 0 Å². The van der Waals surface area contributed by atoms with Crippen LogP contribution in [0.1, 0.15) is 10.4 Å². The molecule has 0 heterocycles. The van der Waals surface area contributed by atoms with E-state index in [1.165, 1.54) is 24.3 Å². The lowest BCUT2D eigenvalue weighted by atomic mass is 9.92. The molecular weight excluding hydrogens is 252 g/mol. The number of aliphatic hydroxyl groups is 4. The SMILES string of the molecule is O=C(C1=C(O)C(O)C(O)(O)C=C1)c1ccccc1O. The fourth-order valence-electron chi connectivity index (χ4n) is 1.73. The number of phenols is 1. The normalized spacial score (nSPS) is 21.5. The van der Waals surface area contributed by atoms with Gasteiger partial charge in [-0.25, -0.2) is 0 Å². The Balaban J connectivity index is 2.44. The van der Waals surface area contributed by atoms with Crippen LogP contribution in [0.15, 0.2) is 47.7 Å². The number of allylic oxidation sites excluding steroid dienone is 2. The van der Waals surface area contributed by atoms with E-state index in [2.05, 4.69) is 0 Å². The van der Waals surface area contributed by atoms with Crippen LogP contribution in [0.5, 0.6) is 5.75 Å². The third-order valence-corrected chi connectivity index (χ3v) is 2.83. The van der Waals surface area contributed by atoms with Gasteiger partial charge in [-0.15, -0.1) is 0 Å². The first-order chi connectivity index (χ1) is 8.84. The van der Waals surface area contributed by atoms with Crippen molar-refractivity contribution in [3.05, 3.63) is 53.3 Å². The number of carbonyl (C=O) groups is 1.